The lowest BCUT2D eigenvalue weighted by Gasteiger charge is -2.33. The lowest BCUT2D eigenvalue weighted by molar-refractivity contribution is -0.137. The molecule has 3 nitrogen and oxygen atoms in total. The highest BCUT2D eigenvalue weighted by Crippen LogP contribution is 2.46. The van der Waals surface area contributed by atoms with Gasteiger partial charge in [-0.3, -0.25) is 0 Å². The molecule has 33 heavy (non-hydrogen) atoms. The third-order valence-electron chi connectivity index (χ3n) is 7.04. The zero-order valence-corrected chi connectivity index (χ0v) is 18.6. The van der Waals surface area contributed by atoms with Gasteiger partial charge in [0.2, 0.25) is 5.89 Å². The summed E-state index contributed by atoms with van der Waals surface area (Å²) in [6, 6.07) is 9.25. The van der Waals surface area contributed by atoms with E-state index in [1.807, 2.05) is 6.92 Å². The largest absolute Gasteiger partial charge is 0.463 e. The molecule has 0 fully saturated rings. The molecule has 5 aromatic rings. The highest BCUT2D eigenvalue weighted by atomic mass is 19.4. The summed E-state index contributed by atoms with van der Waals surface area (Å²) in [6.45, 7) is 6.49. The normalized spacial score (nSPS) is 16.1. The van der Waals surface area contributed by atoms with Gasteiger partial charge in [0.25, 0.3) is 0 Å². The molecular weight excluding hydrogens is 427 g/mol. The van der Waals surface area contributed by atoms with Crippen molar-refractivity contribution in [2.45, 2.75) is 51.6 Å². The number of rotatable bonds is 1. The molecule has 6 rings (SSSR count). The highest BCUT2D eigenvalue weighted by molar-refractivity contribution is 6.23. The lowest BCUT2D eigenvalue weighted by Crippen LogP contribution is -2.23. The third-order valence-corrected chi connectivity index (χ3v) is 7.04. The van der Waals surface area contributed by atoms with Gasteiger partial charge in [0.1, 0.15) is 11.1 Å². The fourth-order valence-electron chi connectivity index (χ4n) is 5.35. The Balaban J connectivity index is 1.68. The van der Waals surface area contributed by atoms with Crippen LogP contribution in [0.1, 0.15) is 48.9 Å². The number of alkyl halides is 3. The lowest BCUT2D eigenvalue weighted by atomic mass is 9.71. The number of nitrogens with zero attached hydrogens (tertiary/aromatic N) is 1. The zero-order chi connectivity index (χ0) is 23.1. The number of furan rings is 1. The smallest absolute Gasteiger partial charge is 0.416 e. The molecule has 0 radical (unpaired) electrons. The predicted octanol–water partition coefficient (Wildman–Crippen LogP) is 8.34. The second-order valence-corrected chi connectivity index (χ2v) is 9.65. The first kappa shape index (κ1) is 20.3. The minimum absolute atomic E-state index is 0.0540. The number of aryl methyl sites for hydroxylation is 2. The fraction of sp³-hybridized carbons (Fsp3) is 0.296. The summed E-state index contributed by atoms with van der Waals surface area (Å²) < 4.78 is 51.4. The summed E-state index contributed by atoms with van der Waals surface area (Å²) >= 11 is 0. The van der Waals surface area contributed by atoms with Crippen molar-refractivity contribution in [1.82, 2.24) is 4.98 Å². The molecule has 0 saturated heterocycles. The molecule has 168 valence electrons. The summed E-state index contributed by atoms with van der Waals surface area (Å²) in [5.74, 6) is 0.306. The van der Waals surface area contributed by atoms with Crippen LogP contribution < -0.4 is 0 Å². The summed E-state index contributed by atoms with van der Waals surface area (Å²) in [7, 11) is 0. The number of halogens is 3. The van der Waals surface area contributed by atoms with E-state index >= 15 is 0 Å². The van der Waals surface area contributed by atoms with Crippen LogP contribution in [0.2, 0.25) is 0 Å². The predicted molar refractivity (Wildman–Crippen MR) is 122 cm³/mol. The van der Waals surface area contributed by atoms with Gasteiger partial charge in [-0.05, 0) is 72.6 Å². The average molecular weight is 449 g/mol. The Bertz CT molecular complexity index is 1550. The van der Waals surface area contributed by atoms with Gasteiger partial charge in [0.15, 0.2) is 5.58 Å². The molecule has 2 heterocycles. The van der Waals surface area contributed by atoms with Crippen molar-refractivity contribution in [2.24, 2.45) is 0 Å². The van der Waals surface area contributed by atoms with Gasteiger partial charge >= 0.3 is 6.18 Å². The van der Waals surface area contributed by atoms with Crippen molar-refractivity contribution in [3.05, 3.63) is 64.9 Å². The number of aromatic nitrogens is 1. The van der Waals surface area contributed by atoms with Crippen molar-refractivity contribution >= 4 is 32.8 Å². The fourth-order valence-corrected chi connectivity index (χ4v) is 5.35. The molecule has 0 saturated carbocycles. The molecule has 1 aliphatic carbocycles. The van der Waals surface area contributed by atoms with E-state index in [9.17, 15) is 13.2 Å². The summed E-state index contributed by atoms with van der Waals surface area (Å²) in [5.41, 5.74) is 5.50. The minimum atomic E-state index is -4.39. The standard InChI is InChI=1S/C27H22F3NO2/c1-14-13-32-23-18-10-11-19-17(5-4-12-26(19,2)3)21(18)24-22(20(14)23)31-25(33-24)15-6-8-16(9-7-15)27(28,29)30/h6-11,13H,4-5,12H2,1-3H3. The Morgan fingerprint density at radius 1 is 0.970 bits per heavy atom. The summed E-state index contributed by atoms with van der Waals surface area (Å²) in [6.07, 6.45) is 0.466. The van der Waals surface area contributed by atoms with Crippen molar-refractivity contribution < 1.29 is 22.0 Å². The van der Waals surface area contributed by atoms with E-state index in [1.165, 1.54) is 23.3 Å². The van der Waals surface area contributed by atoms with E-state index in [2.05, 4.69) is 26.0 Å². The molecular formula is C27H22F3NO2. The summed E-state index contributed by atoms with van der Waals surface area (Å²) in [5, 5.41) is 2.87. The molecule has 0 spiro atoms. The van der Waals surface area contributed by atoms with Crippen LogP contribution in [0.25, 0.3) is 44.3 Å². The van der Waals surface area contributed by atoms with Crippen LogP contribution in [-0.4, -0.2) is 4.98 Å². The van der Waals surface area contributed by atoms with E-state index < -0.39 is 11.7 Å². The van der Waals surface area contributed by atoms with Crippen LogP contribution in [0.3, 0.4) is 0 Å². The topological polar surface area (TPSA) is 39.2 Å². The van der Waals surface area contributed by atoms with Gasteiger partial charge in [-0.15, -0.1) is 0 Å². The Morgan fingerprint density at radius 2 is 1.73 bits per heavy atom. The highest BCUT2D eigenvalue weighted by Gasteiger charge is 2.32. The first-order valence-corrected chi connectivity index (χ1v) is 11.1. The van der Waals surface area contributed by atoms with Gasteiger partial charge in [-0.2, -0.15) is 13.2 Å². The van der Waals surface area contributed by atoms with Crippen LogP contribution in [0.5, 0.6) is 0 Å². The van der Waals surface area contributed by atoms with Crippen molar-refractivity contribution in [3.8, 4) is 11.5 Å². The number of hydrogen-bond donors (Lipinski definition) is 0. The molecule has 0 unspecified atom stereocenters. The van der Waals surface area contributed by atoms with Gasteiger partial charge in [-0.25, -0.2) is 4.98 Å². The van der Waals surface area contributed by atoms with E-state index in [4.69, 9.17) is 13.8 Å². The average Bonchev–Trinajstić information content (AvgIpc) is 3.37. The number of fused-ring (bicyclic) bond motifs is 8. The Morgan fingerprint density at radius 3 is 2.45 bits per heavy atom. The van der Waals surface area contributed by atoms with E-state index in [-0.39, 0.29) is 5.41 Å². The Kier molecular flexibility index (Phi) is 4.08. The maximum Gasteiger partial charge on any atom is 0.416 e. The third kappa shape index (κ3) is 2.93. The van der Waals surface area contributed by atoms with Gasteiger partial charge < -0.3 is 8.83 Å². The number of hydrogen-bond acceptors (Lipinski definition) is 3. The summed E-state index contributed by atoms with van der Waals surface area (Å²) in [4.78, 5) is 4.76. The van der Waals surface area contributed by atoms with Crippen LogP contribution in [0.15, 0.2) is 51.5 Å². The monoisotopic (exact) mass is 449 g/mol. The molecule has 1 aliphatic rings. The number of oxazole rings is 1. The maximum atomic E-state index is 13.0. The molecule has 0 atom stereocenters. The van der Waals surface area contributed by atoms with E-state index in [1.54, 1.807) is 6.26 Å². The SMILES string of the molecule is Cc1coc2c3ccc4c(c3c3oc(-c5ccc(C(F)(F)F)cc5)nc3c12)CCCC4(C)C. The van der Waals surface area contributed by atoms with Crippen molar-refractivity contribution in [3.63, 3.8) is 0 Å². The first-order valence-electron chi connectivity index (χ1n) is 11.1. The second-order valence-electron chi connectivity index (χ2n) is 9.65. The zero-order valence-electron chi connectivity index (χ0n) is 18.6. The van der Waals surface area contributed by atoms with Crippen LogP contribution >= 0.6 is 0 Å². The second kappa shape index (κ2) is 6.62. The molecule has 0 N–H and O–H groups in total. The van der Waals surface area contributed by atoms with E-state index in [0.717, 1.165) is 58.7 Å². The molecule has 0 amide bonds. The van der Waals surface area contributed by atoms with Gasteiger partial charge in [0.05, 0.1) is 17.2 Å². The minimum Gasteiger partial charge on any atom is -0.463 e. The van der Waals surface area contributed by atoms with Crippen LogP contribution in [-0.2, 0) is 18.0 Å². The van der Waals surface area contributed by atoms with Gasteiger partial charge in [-0.1, -0.05) is 26.0 Å². The molecule has 2 aromatic heterocycles. The van der Waals surface area contributed by atoms with E-state index in [0.29, 0.717) is 22.6 Å². The quantitative estimate of drug-likeness (QED) is 0.258. The number of benzene rings is 3. The van der Waals surface area contributed by atoms with Crippen LogP contribution in [0, 0.1) is 6.92 Å². The first-order chi connectivity index (χ1) is 15.6. The van der Waals surface area contributed by atoms with Gasteiger partial charge in [0, 0.05) is 16.3 Å². The molecule has 0 aliphatic heterocycles. The molecule has 3 aromatic carbocycles. The molecule has 0 bridgehead atoms. The van der Waals surface area contributed by atoms with Crippen molar-refractivity contribution in [1.29, 1.82) is 0 Å². The Labute approximate surface area is 188 Å². The Hall–Kier alpha value is -3.28. The molecule has 6 heteroatoms. The van der Waals surface area contributed by atoms with Crippen LogP contribution in [0.4, 0.5) is 13.2 Å². The van der Waals surface area contributed by atoms with Crippen molar-refractivity contribution in [2.75, 3.05) is 0 Å². The maximum absolute atomic E-state index is 13.0.